The quantitative estimate of drug-likeness (QED) is 0.928. The molecule has 6 heteroatoms. The molecule has 1 N–H and O–H groups in total. The van der Waals surface area contributed by atoms with E-state index >= 15 is 0 Å². The molecule has 1 aliphatic heterocycles. The maximum Gasteiger partial charge on any atom is 0.323 e. The first-order valence-corrected chi connectivity index (χ1v) is 9.06. The third-order valence-corrected chi connectivity index (χ3v) is 5.15. The molecule has 2 heterocycles. The van der Waals surface area contributed by atoms with Gasteiger partial charge in [-0.2, -0.15) is 5.10 Å². The van der Waals surface area contributed by atoms with E-state index in [1.54, 1.807) is 10.9 Å². The molecule has 0 spiro atoms. The van der Waals surface area contributed by atoms with E-state index in [4.69, 9.17) is 0 Å². The van der Waals surface area contributed by atoms with Crippen LogP contribution >= 0.6 is 0 Å². The van der Waals surface area contributed by atoms with Crippen LogP contribution in [0.4, 0.5) is 10.6 Å². The maximum absolute atomic E-state index is 12.4. The largest absolute Gasteiger partial charge is 0.323 e. The molecule has 128 valence electrons. The van der Waals surface area contributed by atoms with Crippen molar-refractivity contribution in [3.8, 4) is 0 Å². The predicted molar refractivity (Wildman–Crippen MR) is 91.5 cm³/mol. The lowest BCUT2D eigenvalue weighted by Gasteiger charge is -2.37. The summed E-state index contributed by atoms with van der Waals surface area (Å²) >= 11 is 0. The van der Waals surface area contributed by atoms with E-state index < -0.39 is 0 Å². The highest BCUT2D eigenvalue weighted by Gasteiger charge is 2.24. The average molecular weight is 319 g/mol. The third-order valence-electron chi connectivity index (χ3n) is 5.15. The van der Waals surface area contributed by atoms with Gasteiger partial charge in [0.1, 0.15) is 5.82 Å². The fourth-order valence-electron chi connectivity index (χ4n) is 3.75. The summed E-state index contributed by atoms with van der Waals surface area (Å²) in [5, 5.41) is 7.16. The predicted octanol–water partition coefficient (Wildman–Crippen LogP) is 2.63. The van der Waals surface area contributed by atoms with Gasteiger partial charge in [-0.3, -0.25) is 10.2 Å². The maximum atomic E-state index is 12.4. The van der Waals surface area contributed by atoms with Crippen molar-refractivity contribution < 1.29 is 4.79 Å². The van der Waals surface area contributed by atoms with Crippen molar-refractivity contribution in [2.75, 3.05) is 38.0 Å². The first kappa shape index (κ1) is 16.3. The molecule has 1 saturated heterocycles. The molecule has 1 aromatic rings. The number of anilines is 1. The van der Waals surface area contributed by atoms with Gasteiger partial charge >= 0.3 is 6.03 Å². The highest BCUT2D eigenvalue weighted by Crippen LogP contribution is 2.24. The smallest absolute Gasteiger partial charge is 0.322 e. The molecule has 6 nitrogen and oxygen atoms in total. The molecular weight excluding hydrogens is 290 g/mol. The van der Waals surface area contributed by atoms with E-state index in [-0.39, 0.29) is 6.03 Å². The van der Waals surface area contributed by atoms with Crippen LogP contribution in [-0.4, -0.2) is 58.3 Å². The normalized spacial score (nSPS) is 20.7. The summed E-state index contributed by atoms with van der Waals surface area (Å²) in [5.74, 6) is 1.66. The summed E-state index contributed by atoms with van der Waals surface area (Å²) in [6.07, 6.45) is 8.72. The number of amides is 2. The van der Waals surface area contributed by atoms with Crippen LogP contribution in [0.3, 0.4) is 0 Å². The van der Waals surface area contributed by atoms with Gasteiger partial charge in [0.15, 0.2) is 0 Å². The molecule has 0 bridgehead atoms. The van der Waals surface area contributed by atoms with E-state index in [0.29, 0.717) is 0 Å². The number of urea groups is 1. The molecule has 23 heavy (non-hydrogen) atoms. The zero-order chi connectivity index (χ0) is 16.1. The third kappa shape index (κ3) is 4.25. The summed E-state index contributed by atoms with van der Waals surface area (Å²) in [6.45, 7) is 7.63. The lowest BCUT2D eigenvalue weighted by molar-refractivity contribution is 0.125. The van der Waals surface area contributed by atoms with Crippen LogP contribution in [0.1, 0.15) is 39.0 Å². The summed E-state index contributed by atoms with van der Waals surface area (Å²) in [6, 6.07) is 1.85. The van der Waals surface area contributed by atoms with Crippen LogP contribution in [0, 0.1) is 5.92 Å². The van der Waals surface area contributed by atoms with Crippen LogP contribution in [0.15, 0.2) is 12.3 Å². The number of piperazine rings is 1. The fraction of sp³-hybridized carbons (Fsp3) is 0.765. The summed E-state index contributed by atoms with van der Waals surface area (Å²) in [7, 11) is 0. The average Bonchev–Trinajstić information content (AvgIpc) is 3.03. The summed E-state index contributed by atoms with van der Waals surface area (Å²) in [5.41, 5.74) is 0. The Labute approximate surface area is 138 Å². The van der Waals surface area contributed by atoms with Gasteiger partial charge in [0.2, 0.25) is 0 Å². The standard InChI is InChI=1S/C17H29N5O/c1-2-22-16(8-9-18-22)19-17(23)21-12-10-20(11-13-21)14-15-6-4-3-5-7-15/h8-9,15H,2-7,10-14H2,1H3,(H,19,23). The number of nitrogens with zero attached hydrogens (tertiary/aromatic N) is 4. The zero-order valence-electron chi connectivity index (χ0n) is 14.2. The second kappa shape index (κ2) is 7.81. The molecule has 1 aliphatic carbocycles. The van der Waals surface area contributed by atoms with Gasteiger partial charge in [-0.15, -0.1) is 0 Å². The monoisotopic (exact) mass is 319 g/mol. The topological polar surface area (TPSA) is 53.4 Å². The van der Waals surface area contributed by atoms with E-state index in [0.717, 1.165) is 44.5 Å². The van der Waals surface area contributed by atoms with Gasteiger partial charge in [0.05, 0.1) is 6.20 Å². The zero-order valence-corrected chi connectivity index (χ0v) is 14.2. The molecule has 3 rings (SSSR count). The van der Waals surface area contributed by atoms with E-state index in [1.807, 2.05) is 17.9 Å². The van der Waals surface area contributed by atoms with Crippen molar-refractivity contribution in [1.82, 2.24) is 19.6 Å². The Balaban J connectivity index is 1.43. The minimum absolute atomic E-state index is 0.00230. The number of aryl methyl sites for hydroxylation is 1. The number of hydrogen-bond acceptors (Lipinski definition) is 3. The number of nitrogens with one attached hydrogen (secondary N) is 1. The first-order valence-electron chi connectivity index (χ1n) is 9.06. The second-order valence-electron chi connectivity index (χ2n) is 6.75. The molecule has 2 aliphatic rings. The van der Waals surface area contributed by atoms with Gasteiger partial charge in [-0.05, 0) is 25.7 Å². The summed E-state index contributed by atoms with van der Waals surface area (Å²) in [4.78, 5) is 16.8. The lowest BCUT2D eigenvalue weighted by Crippen LogP contribution is -2.51. The van der Waals surface area contributed by atoms with Crippen LogP contribution < -0.4 is 5.32 Å². The Bertz CT molecular complexity index is 501. The molecule has 1 saturated carbocycles. The molecule has 1 aromatic heterocycles. The van der Waals surface area contributed by atoms with Crippen molar-refractivity contribution in [1.29, 1.82) is 0 Å². The van der Waals surface area contributed by atoms with Crippen molar-refractivity contribution in [3.63, 3.8) is 0 Å². The van der Waals surface area contributed by atoms with E-state index in [2.05, 4.69) is 15.3 Å². The molecule has 0 unspecified atom stereocenters. The van der Waals surface area contributed by atoms with Crippen LogP contribution in [0.25, 0.3) is 0 Å². The van der Waals surface area contributed by atoms with Gasteiger partial charge < -0.3 is 4.90 Å². The fourth-order valence-corrected chi connectivity index (χ4v) is 3.75. The number of carbonyl (C=O) groups excluding carboxylic acids is 1. The molecule has 0 radical (unpaired) electrons. The van der Waals surface area contributed by atoms with Crippen molar-refractivity contribution in [2.24, 2.45) is 5.92 Å². The van der Waals surface area contributed by atoms with Gasteiger partial charge in [0, 0.05) is 45.3 Å². The lowest BCUT2D eigenvalue weighted by atomic mass is 9.89. The molecule has 2 amide bonds. The Morgan fingerprint density at radius 2 is 1.96 bits per heavy atom. The molecule has 0 aromatic carbocycles. The van der Waals surface area contributed by atoms with Gasteiger partial charge in [-0.25, -0.2) is 9.48 Å². The minimum Gasteiger partial charge on any atom is -0.322 e. The summed E-state index contributed by atoms with van der Waals surface area (Å²) < 4.78 is 1.80. The van der Waals surface area contributed by atoms with E-state index in [1.165, 1.54) is 38.6 Å². The van der Waals surface area contributed by atoms with Crippen LogP contribution in [0.2, 0.25) is 0 Å². The Morgan fingerprint density at radius 3 is 2.65 bits per heavy atom. The number of hydrogen-bond donors (Lipinski definition) is 1. The van der Waals surface area contributed by atoms with Crippen molar-refractivity contribution >= 4 is 11.8 Å². The van der Waals surface area contributed by atoms with E-state index in [9.17, 15) is 4.79 Å². The SMILES string of the molecule is CCn1nccc1NC(=O)N1CCN(CC2CCCCC2)CC1. The Kier molecular flexibility index (Phi) is 5.54. The van der Waals surface area contributed by atoms with Crippen molar-refractivity contribution in [3.05, 3.63) is 12.3 Å². The minimum atomic E-state index is -0.00230. The molecule has 2 fully saturated rings. The number of carbonyl (C=O) groups is 1. The number of aromatic nitrogens is 2. The highest BCUT2D eigenvalue weighted by atomic mass is 16.2. The Morgan fingerprint density at radius 1 is 1.22 bits per heavy atom. The molecule has 0 atom stereocenters. The second-order valence-corrected chi connectivity index (χ2v) is 6.75. The van der Waals surface area contributed by atoms with Crippen LogP contribution in [0.5, 0.6) is 0 Å². The highest BCUT2D eigenvalue weighted by molar-refractivity contribution is 5.88. The number of rotatable bonds is 4. The Hall–Kier alpha value is -1.56. The molecular formula is C17H29N5O. The first-order chi connectivity index (χ1) is 11.3. The van der Waals surface area contributed by atoms with Gasteiger partial charge in [-0.1, -0.05) is 19.3 Å². The van der Waals surface area contributed by atoms with Gasteiger partial charge in [0.25, 0.3) is 0 Å². The van der Waals surface area contributed by atoms with Crippen LogP contribution in [-0.2, 0) is 6.54 Å². The van der Waals surface area contributed by atoms with Crippen molar-refractivity contribution in [2.45, 2.75) is 45.6 Å².